The highest BCUT2D eigenvalue weighted by atomic mass is 16.7. The van der Waals surface area contributed by atoms with Crippen molar-refractivity contribution < 1.29 is 14.6 Å². The van der Waals surface area contributed by atoms with Gasteiger partial charge in [-0.25, -0.2) is 0 Å². The predicted molar refractivity (Wildman–Crippen MR) is 72.9 cm³/mol. The molecule has 2 heterocycles. The lowest BCUT2D eigenvalue weighted by atomic mass is 9.79. The van der Waals surface area contributed by atoms with E-state index in [0.717, 1.165) is 64.4 Å². The highest BCUT2D eigenvalue weighted by Crippen LogP contribution is 2.35. The van der Waals surface area contributed by atoms with Gasteiger partial charge in [0.25, 0.3) is 0 Å². The SMILES string of the molecule is CC1CCC(O)(CN2CCC3(CC2)OCCO3)CC1. The molecule has 3 aliphatic rings. The van der Waals surface area contributed by atoms with Crippen LogP contribution in [-0.2, 0) is 9.47 Å². The van der Waals surface area contributed by atoms with Crippen LogP contribution in [0.25, 0.3) is 0 Å². The minimum absolute atomic E-state index is 0.291. The molecular weight excluding hydrogens is 242 g/mol. The largest absolute Gasteiger partial charge is 0.389 e. The maximum atomic E-state index is 10.7. The van der Waals surface area contributed by atoms with E-state index in [2.05, 4.69) is 11.8 Å². The molecule has 2 saturated heterocycles. The van der Waals surface area contributed by atoms with Crippen molar-refractivity contribution in [2.24, 2.45) is 5.92 Å². The minimum atomic E-state index is -0.450. The van der Waals surface area contributed by atoms with Crippen LogP contribution in [0, 0.1) is 5.92 Å². The summed E-state index contributed by atoms with van der Waals surface area (Å²) < 4.78 is 11.5. The molecule has 4 nitrogen and oxygen atoms in total. The zero-order valence-corrected chi connectivity index (χ0v) is 12.1. The molecule has 0 atom stereocenters. The van der Waals surface area contributed by atoms with Crippen molar-refractivity contribution >= 4 is 0 Å². The van der Waals surface area contributed by atoms with Gasteiger partial charge in [-0.05, 0) is 31.6 Å². The summed E-state index contributed by atoms with van der Waals surface area (Å²) in [5, 5.41) is 10.7. The van der Waals surface area contributed by atoms with E-state index in [9.17, 15) is 5.11 Å². The van der Waals surface area contributed by atoms with Crippen molar-refractivity contribution in [1.29, 1.82) is 0 Å². The van der Waals surface area contributed by atoms with Crippen molar-refractivity contribution in [3.63, 3.8) is 0 Å². The number of β-amino-alcohol motifs (C(OH)–C–C–N with tert-alkyl or cyclic N) is 1. The fraction of sp³-hybridized carbons (Fsp3) is 1.00. The molecule has 1 spiro atoms. The molecular formula is C15H27NO3. The van der Waals surface area contributed by atoms with E-state index in [4.69, 9.17) is 9.47 Å². The van der Waals surface area contributed by atoms with Crippen LogP contribution < -0.4 is 0 Å². The Kier molecular flexibility index (Phi) is 3.87. The Bertz CT molecular complexity index is 297. The molecule has 0 radical (unpaired) electrons. The van der Waals surface area contributed by atoms with E-state index in [1.54, 1.807) is 0 Å². The molecule has 0 aromatic heterocycles. The Balaban J connectivity index is 1.49. The molecule has 19 heavy (non-hydrogen) atoms. The quantitative estimate of drug-likeness (QED) is 0.829. The van der Waals surface area contributed by atoms with Crippen LogP contribution in [0.5, 0.6) is 0 Å². The van der Waals surface area contributed by atoms with Crippen molar-refractivity contribution in [2.45, 2.75) is 56.8 Å². The van der Waals surface area contributed by atoms with Gasteiger partial charge in [0.1, 0.15) is 0 Å². The minimum Gasteiger partial charge on any atom is -0.389 e. The monoisotopic (exact) mass is 269 g/mol. The number of hydrogen-bond donors (Lipinski definition) is 1. The van der Waals surface area contributed by atoms with E-state index in [1.807, 2.05) is 0 Å². The summed E-state index contributed by atoms with van der Waals surface area (Å²) in [6.45, 7) is 6.56. The van der Waals surface area contributed by atoms with Crippen LogP contribution in [0.15, 0.2) is 0 Å². The standard InChI is InChI=1S/C15H27NO3/c1-13-2-4-14(17,5-3-13)12-16-8-6-15(7-9-16)18-10-11-19-15/h13,17H,2-12H2,1H3. The average Bonchev–Trinajstić information content (AvgIpc) is 2.85. The van der Waals surface area contributed by atoms with E-state index < -0.39 is 5.60 Å². The molecule has 0 bridgehead atoms. The third kappa shape index (κ3) is 3.13. The van der Waals surface area contributed by atoms with E-state index in [1.165, 1.54) is 12.8 Å². The molecule has 0 unspecified atom stereocenters. The van der Waals surface area contributed by atoms with Gasteiger partial charge in [0.05, 0.1) is 18.8 Å². The number of hydrogen-bond acceptors (Lipinski definition) is 4. The van der Waals surface area contributed by atoms with Crippen LogP contribution in [0.1, 0.15) is 45.4 Å². The second kappa shape index (κ2) is 5.32. The normalized spacial score (nSPS) is 39.8. The summed E-state index contributed by atoms with van der Waals surface area (Å²) in [6, 6.07) is 0. The number of nitrogens with zero attached hydrogens (tertiary/aromatic N) is 1. The van der Waals surface area contributed by atoms with Crippen LogP contribution in [-0.4, -0.2) is 54.2 Å². The zero-order chi connectivity index (χ0) is 13.3. The van der Waals surface area contributed by atoms with Gasteiger partial charge in [-0.15, -0.1) is 0 Å². The summed E-state index contributed by atoms with van der Waals surface area (Å²) in [5.74, 6) is 0.491. The van der Waals surface area contributed by atoms with Gasteiger partial charge < -0.3 is 19.5 Å². The average molecular weight is 269 g/mol. The number of rotatable bonds is 2. The van der Waals surface area contributed by atoms with Gasteiger partial charge in [0.15, 0.2) is 5.79 Å². The number of ether oxygens (including phenoxy) is 2. The summed E-state index contributed by atoms with van der Waals surface area (Å²) in [7, 11) is 0. The second-order valence-electron chi connectivity index (χ2n) is 6.79. The van der Waals surface area contributed by atoms with E-state index >= 15 is 0 Å². The maximum Gasteiger partial charge on any atom is 0.170 e. The second-order valence-corrected chi connectivity index (χ2v) is 6.79. The van der Waals surface area contributed by atoms with Crippen molar-refractivity contribution in [3.05, 3.63) is 0 Å². The van der Waals surface area contributed by atoms with Gasteiger partial charge in [-0.2, -0.15) is 0 Å². The first-order valence-corrected chi connectivity index (χ1v) is 7.82. The van der Waals surface area contributed by atoms with Gasteiger partial charge in [-0.1, -0.05) is 6.92 Å². The Morgan fingerprint density at radius 2 is 1.63 bits per heavy atom. The molecule has 3 fully saturated rings. The molecule has 1 aliphatic carbocycles. The number of aliphatic hydroxyl groups is 1. The first-order chi connectivity index (χ1) is 9.09. The Hall–Kier alpha value is -0.160. The molecule has 0 amide bonds. The maximum absolute atomic E-state index is 10.7. The highest BCUT2D eigenvalue weighted by Gasteiger charge is 2.41. The lowest BCUT2D eigenvalue weighted by molar-refractivity contribution is -0.189. The van der Waals surface area contributed by atoms with Crippen LogP contribution >= 0.6 is 0 Å². The van der Waals surface area contributed by atoms with E-state index in [0.29, 0.717) is 0 Å². The van der Waals surface area contributed by atoms with Gasteiger partial charge >= 0.3 is 0 Å². The predicted octanol–water partition coefficient (Wildman–Crippen LogP) is 1.77. The molecule has 0 aromatic rings. The third-order valence-electron chi connectivity index (χ3n) is 5.15. The molecule has 3 rings (SSSR count). The summed E-state index contributed by atoms with van der Waals surface area (Å²) >= 11 is 0. The number of piperidine rings is 1. The highest BCUT2D eigenvalue weighted by molar-refractivity contribution is 4.90. The third-order valence-corrected chi connectivity index (χ3v) is 5.15. The first kappa shape index (κ1) is 13.8. The summed E-state index contributed by atoms with van der Waals surface area (Å²) in [6.07, 6.45) is 6.14. The molecule has 1 N–H and O–H groups in total. The van der Waals surface area contributed by atoms with Gasteiger partial charge in [-0.3, -0.25) is 0 Å². The van der Waals surface area contributed by atoms with E-state index in [-0.39, 0.29) is 5.79 Å². The fourth-order valence-electron chi connectivity index (χ4n) is 3.71. The van der Waals surface area contributed by atoms with Gasteiger partial charge in [0, 0.05) is 32.5 Å². The molecule has 0 aromatic carbocycles. The fourth-order valence-corrected chi connectivity index (χ4v) is 3.71. The Morgan fingerprint density at radius 3 is 2.21 bits per heavy atom. The molecule has 4 heteroatoms. The van der Waals surface area contributed by atoms with Crippen LogP contribution in [0.4, 0.5) is 0 Å². The lowest BCUT2D eigenvalue weighted by Gasteiger charge is -2.43. The molecule has 2 aliphatic heterocycles. The number of likely N-dealkylation sites (tertiary alicyclic amines) is 1. The summed E-state index contributed by atoms with van der Waals surface area (Å²) in [4.78, 5) is 2.40. The Morgan fingerprint density at radius 1 is 1.05 bits per heavy atom. The topological polar surface area (TPSA) is 41.9 Å². The summed E-state index contributed by atoms with van der Waals surface area (Å²) in [5.41, 5.74) is -0.450. The first-order valence-electron chi connectivity index (χ1n) is 7.82. The zero-order valence-electron chi connectivity index (χ0n) is 12.1. The Labute approximate surface area is 116 Å². The van der Waals surface area contributed by atoms with Crippen molar-refractivity contribution in [1.82, 2.24) is 4.90 Å². The van der Waals surface area contributed by atoms with Crippen LogP contribution in [0.2, 0.25) is 0 Å². The smallest absolute Gasteiger partial charge is 0.170 e. The van der Waals surface area contributed by atoms with Gasteiger partial charge in [0.2, 0.25) is 0 Å². The van der Waals surface area contributed by atoms with Crippen molar-refractivity contribution in [3.8, 4) is 0 Å². The molecule has 1 saturated carbocycles. The lowest BCUT2D eigenvalue weighted by Crippen LogP contribution is -2.51. The van der Waals surface area contributed by atoms with Crippen LogP contribution in [0.3, 0.4) is 0 Å². The molecule has 110 valence electrons. The van der Waals surface area contributed by atoms with Crippen molar-refractivity contribution in [2.75, 3.05) is 32.8 Å².